The van der Waals surface area contributed by atoms with Crippen molar-refractivity contribution in [3.63, 3.8) is 0 Å². The molecule has 1 unspecified atom stereocenters. The molecule has 0 spiro atoms. The first-order valence-corrected chi connectivity index (χ1v) is 7.57. The molecule has 0 aliphatic carbocycles. The molecule has 0 bridgehead atoms. The third-order valence-corrected chi connectivity index (χ3v) is 3.95. The van der Waals surface area contributed by atoms with E-state index in [-0.39, 0.29) is 6.17 Å². The van der Waals surface area contributed by atoms with Crippen LogP contribution in [0.15, 0.2) is 82.2 Å². The molecule has 1 atom stereocenters. The van der Waals surface area contributed by atoms with Crippen molar-refractivity contribution in [1.82, 2.24) is 0 Å². The van der Waals surface area contributed by atoms with Crippen molar-refractivity contribution in [2.75, 3.05) is 0 Å². The number of nitrogens with zero attached hydrogens (tertiary/aromatic N) is 1. The Morgan fingerprint density at radius 3 is 2.43 bits per heavy atom. The molecule has 0 radical (unpaired) electrons. The lowest BCUT2D eigenvalue weighted by molar-refractivity contribution is 0.668. The fourth-order valence-corrected chi connectivity index (χ4v) is 2.77. The summed E-state index contributed by atoms with van der Waals surface area (Å²) >= 11 is 0. The number of fused-ring (bicyclic) bond motifs is 3. The van der Waals surface area contributed by atoms with Crippen LogP contribution < -0.4 is 5.73 Å². The van der Waals surface area contributed by atoms with Gasteiger partial charge in [-0.15, -0.1) is 0 Å². The zero-order valence-electron chi connectivity index (χ0n) is 12.5. The Kier molecular flexibility index (Phi) is 3.41. The highest BCUT2D eigenvalue weighted by molar-refractivity contribution is 6.10. The predicted molar refractivity (Wildman–Crippen MR) is 94.7 cm³/mol. The van der Waals surface area contributed by atoms with Crippen LogP contribution in [-0.4, -0.2) is 6.21 Å². The molecule has 0 aliphatic heterocycles. The number of rotatable bonds is 3. The fourth-order valence-electron chi connectivity index (χ4n) is 2.77. The summed E-state index contributed by atoms with van der Waals surface area (Å²) in [5.41, 5.74) is 9.79. The van der Waals surface area contributed by atoms with Gasteiger partial charge in [0.2, 0.25) is 0 Å². The largest absolute Gasteiger partial charge is 0.455 e. The Morgan fingerprint density at radius 2 is 1.57 bits per heavy atom. The van der Waals surface area contributed by atoms with E-state index in [0.717, 1.165) is 33.1 Å². The van der Waals surface area contributed by atoms with Gasteiger partial charge in [-0.05, 0) is 17.7 Å². The van der Waals surface area contributed by atoms with Crippen LogP contribution in [0.3, 0.4) is 0 Å². The Morgan fingerprint density at radius 1 is 0.826 bits per heavy atom. The molecule has 1 heterocycles. The number of para-hydroxylation sites is 2. The summed E-state index contributed by atoms with van der Waals surface area (Å²) in [5.74, 6) is 0. The van der Waals surface area contributed by atoms with Crippen molar-refractivity contribution >= 4 is 28.2 Å². The molecule has 0 fully saturated rings. The van der Waals surface area contributed by atoms with Crippen LogP contribution in [0.1, 0.15) is 17.3 Å². The van der Waals surface area contributed by atoms with Crippen LogP contribution in [0.4, 0.5) is 0 Å². The summed E-state index contributed by atoms with van der Waals surface area (Å²) in [4.78, 5) is 4.48. The number of aliphatic imine (C=N–C) groups is 1. The number of hydrogen-bond donors (Lipinski definition) is 1. The molecule has 3 aromatic carbocycles. The van der Waals surface area contributed by atoms with Gasteiger partial charge in [0.15, 0.2) is 0 Å². The Bertz CT molecular complexity index is 986. The lowest BCUT2D eigenvalue weighted by Gasteiger charge is -2.05. The van der Waals surface area contributed by atoms with Crippen molar-refractivity contribution in [1.29, 1.82) is 0 Å². The first-order chi connectivity index (χ1) is 11.3. The van der Waals surface area contributed by atoms with E-state index in [4.69, 9.17) is 10.2 Å². The minimum Gasteiger partial charge on any atom is -0.455 e. The molecule has 112 valence electrons. The van der Waals surface area contributed by atoms with E-state index in [0.29, 0.717) is 0 Å². The summed E-state index contributed by atoms with van der Waals surface area (Å²) in [5, 5.41) is 2.21. The molecule has 4 rings (SSSR count). The zero-order valence-corrected chi connectivity index (χ0v) is 12.5. The van der Waals surface area contributed by atoms with Crippen molar-refractivity contribution in [2.24, 2.45) is 10.7 Å². The van der Waals surface area contributed by atoms with Crippen LogP contribution in [-0.2, 0) is 0 Å². The first kappa shape index (κ1) is 13.7. The fraction of sp³-hybridized carbons (Fsp3) is 0.0500. The van der Waals surface area contributed by atoms with Gasteiger partial charge in [0.25, 0.3) is 0 Å². The van der Waals surface area contributed by atoms with Gasteiger partial charge in [-0.2, -0.15) is 0 Å². The highest BCUT2D eigenvalue weighted by Gasteiger charge is 2.09. The smallest absolute Gasteiger partial charge is 0.144 e. The summed E-state index contributed by atoms with van der Waals surface area (Å²) in [6, 6.07) is 24.0. The molecule has 0 aliphatic rings. The number of furan rings is 1. The number of benzene rings is 3. The van der Waals surface area contributed by atoms with E-state index < -0.39 is 0 Å². The van der Waals surface area contributed by atoms with Gasteiger partial charge in [0, 0.05) is 22.6 Å². The van der Waals surface area contributed by atoms with E-state index >= 15 is 0 Å². The summed E-state index contributed by atoms with van der Waals surface area (Å²) in [6.07, 6.45) is 1.42. The van der Waals surface area contributed by atoms with E-state index in [1.807, 2.05) is 60.7 Å². The van der Waals surface area contributed by atoms with Crippen molar-refractivity contribution in [2.45, 2.75) is 6.17 Å². The van der Waals surface area contributed by atoms with Gasteiger partial charge in [-0.1, -0.05) is 60.7 Å². The predicted octanol–water partition coefficient (Wildman–Crippen LogP) is 4.66. The third kappa shape index (κ3) is 2.51. The summed E-state index contributed by atoms with van der Waals surface area (Å²) in [6.45, 7) is 0. The Hall–Kier alpha value is -2.91. The van der Waals surface area contributed by atoms with Crippen LogP contribution in [0.25, 0.3) is 21.9 Å². The molecule has 1 aromatic heterocycles. The van der Waals surface area contributed by atoms with Gasteiger partial charge >= 0.3 is 0 Å². The Balaban J connectivity index is 1.76. The summed E-state index contributed by atoms with van der Waals surface area (Å²) in [7, 11) is 0. The maximum Gasteiger partial charge on any atom is 0.144 e. The molecule has 2 N–H and O–H groups in total. The molecule has 0 amide bonds. The Labute approximate surface area is 134 Å². The van der Waals surface area contributed by atoms with Crippen molar-refractivity contribution in [3.8, 4) is 0 Å². The van der Waals surface area contributed by atoms with Crippen LogP contribution >= 0.6 is 0 Å². The minimum absolute atomic E-state index is 0.379. The van der Waals surface area contributed by atoms with Gasteiger partial charge in [0.1, 0.15) is 17.3 Å². The van der Waals surface area contributed by atoms with Crippen molar-refractivity contribution < 1.29 is 4.42 Å². The SMILES string of the molecule is NC(N=Cc1cccc2c1oc1ccccc12)c1ccccc1. The van der Waals surface area contributed by atoms with Gasteiger partial charge < -0.3 is 10.2 Å². The van der Waals surface area contributed by atoms with Gasteiger partial charge in [0.05, 0.1) is 0 Å². The van der Waals surface area contributed by atoms with E-state index in [2.05, 4.69) is 17.1 Å². The number of nitrogens with two attached hydrogens (primary N) is 1. The lowest BCUT2D eigenvalue weighted by atomic mass is 10.1. The van der Waals surface area contributed by atoms with E-state index in [1.54, 1.807) is 6.21 Å². The summed E-state index contributed by atoms with van der Waals surface area (Å²) < 4.78 is 5.99. The van der Waals surface area contributed by atoms with E-state index in [9.17, 15) is 0 Å². The molecule has 0 saturated heterocycles. The second-order valence-electron chi connectivity index (χ2n) is 5.46. The highest BCUT2D eigenvalue weighted by atomic mass is 16.3. The minimum atomic E-state index is -0.379. The van der Waals surface area contributed by atoms with Crippen LogP contribution in [0, 0.1) is 0 Å². The second kappa shape index (κ2) is 5.71. The van der Waals surface area contributed by atoms with Gasteiger partial charge in [-0.3, -0.25) is 4.99 Å². The maximum absolute atomic E-state index is 6.13. The van der Waals surface area contributed by atoms with Crippen molar-refractivity contribution in [3.05, 3.63) is 83.9 Å². The second-order valence-corrected chi connectivity index (χ2v) is 5.46. The molecular formula is C20H16N2O. The molecule has 3 heteroatoms. The zero-order chi connectivity index (χ0) is 15.6. The van der Waals surface area contributed by atoms with Gasteiger partial charge in [-0.25, -0.2) is 0 Å². The molecule has 4 aromatic rings. The molecule has 0 saturated carbocycles. The average Bonchev–Trinajstić information content (AvgIpc) is 3.00. The third-order valence-electron chi connectivity index (χ3n) is 3.95. The monoisotopic (exact) mass is 300 g/mol. The lowest BCUT2D eigenvalue weighted by Crippen LogP contribution is -2.07. The normalized spacial score (nSPS) is 13.1. The molecule has 23 heavy (non-hydrogen) atoms. The average molecular weight is 300 g/mol. The standard InChI is InChI=1S/C20H16N2O/c21-20(14-7-2-1-3-8-14)22-13-15-9-6-11-17-16-10-4-5-12-18(16)23-19(15)17/h1-13,20H,21H2. The van der Waals surface area contributed by atoms with Crippen LogP contribution in [0.5, 0.6) is 0 Å². The molecular weight excluding hydrogens is 284 g/mol. The quantitative estimate of drug-likeness (QED) is 0.559. The molecule has 3 nitrogen and oxygen atoms in total. The van der Waals surface area contributed by atoms with E-state index in [1.165, 1.54) is 0 Å². The maximum atomic E-state index is 6.13. The first-order valence-electron chi connectivity index (χ1n) is 7.57. The topological polar surface area (TPSA) is 51.5 Å². The number of hydrogen-bond acceptors (Lipinski definition) is 3. The van der Waals surface area contributed by atoms with Crippen LogP contribution in [0.2, 0.25) is 0 Å². The highest BCUT2D eigenvalue weighted by Crippen LogP contribution is 2.30.